The standard InChI is InChI=1S/C15H18N2O5S/c1-23-11-2-3-13(17(21)22)12(9-11)15(20)16-6-4-10(5-7-16)8-14(18)19/h2-3,9-10H,4-8H2,1H3,(H,18,19). The fourth-order valence-electron chi connectivity index (χ4n) is 2.73. The monoisotopic (exact) mass is 338 g/mol. The Hall–Kier alpha value is -2.09. The van der Waals surface area contributed by atoms with Crippen molar-refractivity contribution in [2.24, 2.45) is 5.92 Å². The van der Waals surface area contributed by atoms with Crippen LogP contribution >= 0.6 is 11.8 Å². The fraction of sp³-hybridized carbons (Fsp3) is 0.467. The average Bonchev–Trinajstić information content (AvgIpc) is 2.53. The first-order valence-electron chi connectivity index (χ1n) is 7.26. The molecule has 0 spiro atoms. The lowest BCUT2D eigenvalue weighted by Gasteiger charge is -2.31. The zero-order valence-electron chi connectivity index (χ0n) is 12.7. The Morgan fingerprint density at radius 3 is 2.57 bits per heavy atom. The van der Waals surface area contributed by atoms with E-state index < -0.39 is 10.9 Å². The maximum atomic E-state index is 12.6. The van der Waals surface area contributed by atoms with E-state index in [1.165, 1.54) is 17.8 Å². The van der Waals surface area contributed by atoms with Gasteiger partial charge >= 0.3 is 5.97 Å². The molecule has 23 heavy (non-hydrogen) atoms. The molecule has 1 N–H and O–H groups in total. The summed E-state index contributed by atoms with van der Waals surface area (Å²) >= 11 is 1.42. The number of nitro groups is 1. The number of piperidine rings is 1. The molecule has 0 saturated carbocycles. The maximum Gasteiger partial charge on any atom is 0.303 e. The molecule has 0 unspecified atom stereocenters. The van der Waals surface area contributed by atoms with Crippen LogP contribution in [-0.4, -0.2) is 46.2 Å². The van der Waals surface area contributed by atoms with Crippen LogP contribution in [0.2, 0.25) is 0 Å². The van der Waals surface area contributed by atoms with E-state index in [1.54, 1.807) is 17.0 Å². The van der Waals surface area contributed by atoms with Gasteiger partial charge in [0.2, 0.25) is 0 Å². The van der Waals surface area contributed by atoms with Crippen molar-refractivity contribution in [3.8, 4) is 0 Å². The Balaban J connectivity index is 2.15. The summed E-state index contributed by atoms with van der Waals surface area (Å²) in [6.07, 6.45) is 3.15. The summed E-state index contributed by atoms with van der Waals surface area (Å²) in [7, 11) is 0. The van der Waals surface area contributed by atoms with Crippen molar-refractivity contribution < 1.29 is 19.6 Å². The molecule has 7 nitrogen and oxygen atoms in total. The molecule has 2 rings (SSSR count). The van der Waals surface area contributed by atoms with E-state index in [-0.39, 0.29) is 29.5 Å². The van der Waals surface area contributed by atoms with Crippen LogP contribution in [0.15, 0.2) is 23.1 Å². The van der Waals surface area contributed by atoms with Gasteiger partial charge in [-0.15, -0.1) is 11.8 Å². The molecule has 8 heteroatoms. The highest BCUT2D eigenvalue weighted by Crippen LogP contribution is 2.28. The number of carboxylic acid groups (broad SMARTS) is 1. The summed E-state index contributed by atoms with van der Waals surface area (Å²) < 4.78 is 0. The Morgan fingerprint density at radius 1 is 1.39 bits per heavy atom. The minimum atomic E-state index is -0.835. The van der Waals surface area contributed by atoms with Gasteiger partial charge in [-0.05, 0) is 37.1 Å². The van der Waals surface area contributed by atoms with Crippen LogP contribution < -0.4 is 0 Å². The summed E-state index contributed by atoms with van der Waals surface area (Å²) in [4.78, 5) is 36.3. The molecule has 1 aliphatic heterocycles. The topological polar surface area (TPSA) is 101 Å². The van der Waals surface area contributed by atoms with E-state index in [4.69, 9.17) is 5.11 Å². The first-order chi connectivity index (χ1) is 10.9. The molecule has 1 aliphatic rings. The van der Waals surface area contributed by atoms with Crippen molar-refractivity contribution >= 4 is 29.3 Å². The number of benzene rings is 1. The van der Waals surface area contributed by atoms with Gasteiger partial charge in [0.15, 0.2) is 0 Å². The highest BCUT2D eigenvalue weighted by Gasteiger charge is 2.29. The first-order valence-corrected chi connectivity index (χ1v) is 8.48. The molecule has 0 atom stereocenters. The van der Waals surface area contributed by atoms with Crippen molar-refractivity contribution in [1.29, 1.82) is 0 Å². The molecular formula is C15H18N2O5S. The Morgan fingerprint density at radius 2 is 2.04 bits per heavy atom. The molecule has 1 heterocycles. The van der Waals surface area contributed by atoms with Crippen molar-refractivity contribution in [2.75, 3.05) is 19.3 Å². The van der Waals surface area contributed by atoms with Gasteiger partial charge in [-0.25, -0.2) is 0 Å². The number of nitrogens with zero attached hydrogens (tertiary/aromatic N) is 2. The van der Waals surface area contributed by atoms with Crippen molar-refractivity contribution in [3.05, 3.63) is 33.9 Å². The van der Waals surface area contributed by atoms with Crippen LogP contribution in [-0.2, 0) is 4.79 Å². The van der Waals surface area contributed by atoms with Gasteiger partial charge in [0, 0.05) is 30.5 Å². The third kappa shape index (κ3) is 4.22. The van der Waals surface area contributed by atoms with Crippen LogP contribution in [0.5, 0.6) is 0 Å². The molecule has 1 fully saturated rings. The van der Waals surface area contributed by atoms with Crippen molar-refractivity contribution in [2.45, 2.75) is 24.2 Å². The van der Waals surface area contributed by atoms with Crippen LogP contribution in [0.4, 0.5) is 5.69 Å². The molecular weight excluding hydrogens is 320 g/mol. The largest absolute Gasteiger partial charge is 0.481 e. The molecule has 1 aromatic rings. The number of carboxylic acids is 1. The SMILES string of the molecule is CSc1ccc([N+](=O)[O-])c(C(=O)N2CCC(CC(=O)O)CC2)c1. The van der Waals surface area contributed by atoms with E-state index in [0.717, 1.165) is 4.90 Å². The Bertz CT molecular complexity index is 626. The summed E-state index contributed by atoms with van der Waals surface area (Å²) in [6, 6.07) is 4.53. The van der Waals surface area contributed by atoms with Gasteiger partial charge < -0.3 is 10.0 Å². The molecule has 0 aromatic heterocycles. The maximum absolute atomic E-state index is 12.6. The number of hydrogen-bond donors (Lipinski definition) is 1. The minimum absolute atomic E-state index is 0.0593. The predicted molar refractivity (Wildman–Crippen MR) is 85.8 cm³/mol. The van der Waals surface area contributed by atoms with Crippen LogP contribution in [0, 0.1) is 16.0 Å². The average molecular weight is 338 g/mol. The molecule has 1 saturated heterocycles. The molecule has 0 aliphatic carbocycles. The Kier molecular flexibility index (Phi) is 5.59. The van der Waals surface area contributed by atoms with Gasteiger partial charge in [-0.2, -0.15) is 0 Å². The lowest BCUT2D eigenvalue weighted by atomic mass is 9.93. The molecule has 0 radical (unpaired) electrons. The summed E-state index contributed by atoms with van der Waals surface area (Å²) in [5.41, 5.74) is -0.0982. The number of likely N-dealkylation sites (tertiary alicyclic amines) is 1. The van der Waals surface area contributed by atoms with Crippen LogP contribution in [0.25, 0.3) is 0 Å². The summed E-state index contributed by atoms with van der Waals surface area (Å²) in [5.74, 6) is -1.14. The normalized spacial score (nSPS) is 15.4. The van der Waals surface area contributed by atoms with Crippen LogP contribution in [0.1, 0.15) is 29.6 Å². The third-order valence-corrected chi connectivity index (χ3v) is 4.72. The summed E-state index contributed by atoms with van der Waals surface area (Å²) in [5, 5.41) is 20.0. The number of amides is 1. The van der Waals surface area contributed by atoms with Crippen molar-refractivity contribution in [3.63, 3.8) is 0 Å². The van der Waals surface area contributed by atoms with Gasteiger partial charge in [0.25, 0.3) is 11.6 Å². The second-order valence-electron chi connectivity index (χ2n) is 5.47. The number of thioether (sulfide) groups is 1. The van der Waals surface area contributed by atoms with E-state index in [1.807, 2.05) is 6.26 Å². The second kappa shape index (κ2) is 7.45. The van der Waals surface area contributed by atoms with Gasteiger partial charge in [0.1, 0.15) is 5.56 Å². The van der Waals surface area contributed by atoms with E-state index in [0.29, 0.717) is 25.9 Å². The van der Waals surface area contributed by atoms with E-state index in [9.17, 15) is 19.7 Å². The number of rotatable bonds is 5. The smallest absolute Gasteiger partial charge is 0.303 e. The highest BCUT2D eigenvalue weighted by molar-refractivity contribution is 7.98. The Labute approximate surface area is 137 Å². The fourth-order valence-corrected chi connectivity index (χ4v) is 3.17. The van der Waals surface area contributed by atoms with E-state index in [2.05, 4.69) is 0 Å². The third-order valence-electron chi connectivity index (χ3n) is 4.00. The number of carbonyl (C=O) groups excluding carboxylic acids is 1. The highest BCUT2D eigenvalue weighted by atomic mass is 32.2. The second-order valence-corrected chi connectivity index (χ2v) is 6.35. The number of hydrogen-bond acceptors (Lipinski definition) is 5. The number of nitro benzene ring substituents is 1. The minimum Gasteiger partial charge on any atom is -0.481 e. The van der Waals surface area contributed by atoms with Crippen molar-refractivity contribution in [1.82, 2.24) is 4.90 Å². The first kappa shape index (κ1) is 17.3. The lowest BCUT2D eigenvalue weighted by Crippen LogP contribution is -2.39. The van der Waals surface area contributed by atoms with Gasteiger partial charge in [-0.3, -0.25) is 19.7 Å². The predicted octanol–water partition coefficient (Wildman–Crippen LogP) is 2.64. The molecule has 124 valence electrons. The number of carbonyl (C=O) groups is 2. The lowest BCUT2D eigenvalue weighted by molar-refractivity contribution is -0.385. The van der Waals surface area contributed by atoms with Crippen LogP contribution in [0.3, 0.4) is 0 Å². The molecule has 1 aromatic carbocycles. The quantitative estimate of drug-likeness (QED) is 0.503. The van der Waals surface area contributed by atoms with Gasteiger partial charge in [0.05, 0.1) is 4.92 Å². The zero-order chi connectivity index (χ0) is 17.0. The zero-order valence-corrected chi connectivity index (χ0v) is 13.5. The van der Waals surface area contributed by atoms with Gasteiger partial charge in [-0.1, -0.05) is 0 Å². The molecule has 0 bridgehead atoms. The summed E-state index contributed by atoms with van der Waals surface area (Å²) in [6.45, 7) is 0.856. The van der Waals surface area contributed by atoms with E-state index >= 15 is 0 Å². The molecule has 1 amide bonds. The number of aliphatic carboxylic acids is 1.